The Bertz CT molecular complexity index is 1540. The second-order valence-corrected chi connectivity index (χ2v) is 13.4. The molecule has 0 spiro atoms. The summed E-state index contributed by atoms with van der Waals surface area (Å²) in [4.78, 5) is 31.6. The maximum atomic E-state index is 14.2. The van der Waals surface area contributed by atoms with Crippen molar-refractivity contribution in [3.8, 4) is 0 Å². The molecule has 1 aromatic heterocycles. The molecule has 0 radical (unpaired) electrons. The van der Waals surface area contributed by atoms with E-state index in [1.807, 2.05) is 13.8 Å². The van der Waals surface area contributed by atoms with Crippen molar-refractivity contribution in [3.05, 3.63) is 87.2 Å². The number of amides is 2. The quantitative estimate of drug-likeness (QED) is 0.361. The van der Waals surface area contributed by atoms with Crippen LogP contribution >= 0.6 is 0 Å². The van der Waals surface area contributed by atoms with Gasteiger partial charge >= 0.3 is 0 Å². The summed E-state index contributed by atoms with van der Waals surface area (Å²) in [5, 5.41) is 4.92. The van der Waals surface area contributed by atoms with Gasteiger partial charge in [-0.15, -0.1) is 0 Å². The van der Waals surface area contributed by atoms with Crippen LogP contribution in [0.15, 0.2) is 53.3 Å². The highest BCUT2D eigenvalue weighted by molar-refractivity contribution is 7.91. The number of sulfone groups is 1. The van der Waals surface area contributed by atoms with E-state index in [4.69, 9.17) is 0 Å². The number of halogens is 1. The first kappa shape index (κ1) is 30.5. The van der Waals surface area contributed by atoms with Crippen LogP contribution in [0.5, 0.6) is 0 Å². The number of hydrogen-bond acceptors (Lipinski definition) is 5. The topological polar surface area (TPSA) is 111 Å². The Morgan fingerprint density at radius 2 is 1.85 bits per heavy atom. The molecule has 1 atom stereocenters. The monoisotopic (exact) mass is 582 g/mol. The van der Waals surface area contributed by atoms with Crippen molar-refractivity contribution >= 4 is 27.7 Å². The van der Waals surface area contributed by atoms with Crippen LogP contribution in [-0.2, 0) is 20.4 Å². The van der Waals surface area contributed by atoms with E-state index in [0.29, 0.717) is 58.0 Å². The zero-order valence-corrected chi connectivity index (χ0v) is 25.3. The third kappa shape index (κ3) is 6.54. The Balaban J connectivity index is 1.56. The third-order valence-corrected chi connectivity index (χ3v) is 9.69. The molecule has 220 valence electrons. The van der Waals surface area contributed by atoms with Crippen LogP contribution < -0.4 is 10.6 Å². The van der Waals surface area contributed by atoms with Crippen LogP contribution in [0.4, 0.5) is 4.39 Å². The van der Waals surface area contributed by atoms with Crippen LogP contribution in [0.2, 0.25) is 0 Å². The van der Waals surface area contributed by atoms with Crippen molar-refractivity contribution in [2.45, 2.75) is 71.0 Å². The Labute approximate surface area is 241 Å². The summed E-state index contributed by atoms with van der Waals surface area (Å²) in [5.41, 5.74) is 3.96. The normalized spacial score (nSPS) is 18.1. The maximum Gasteiger partial charge on any atom is 0.256 e. The van der Waals surface area contributed by atoms with Crippen molar-refractivity contribution in [1.82, 2.24) is 20.5 Å². The van der Waals surface area contributed by atoms with Crippen molar-refractivity contribution in [3.63, 3.8) is 0 Å². The fourth-order valence-electron chi connectivity index (χ4n) is 5.59. The fourth-order valence-corrected chi connectivity index (χ4v) is 7.20. The minimum Gasteiger partial charge on any atom is -0.358 e. The van der Waals surface area contributed by atoms with Crippen molar-refractivity contribution in [1.29, 1.82) is 0 Å². The predicted octanol–water partition coefficient (Wildman–Crippen LogP) is 4.33. The zero-order chi connectivity index (χ0) is 30.1. The first-order valence-electron chi connectivity index (χ1n) is 13.9. The highest BCUT2D eigenvalue weighted by atomic mass is 32.2. The van der Waals surface area contributed by atoms with Gasteiger partial charge in [0.1, 0.15) is 5.82 Å². The summed E-state index contributed by atoms with van der Waals surface area (Å²) in [5.74, 6) is -1.54. The molecule has 1 aromatic carbocycles. The lowest BCUT2D eigenvalue weighted by Crippen LogP contribution is -2.42. The number of hydrogen-bond donors (Lipinski definition) is 3. The van der Waals surface area contributed by atoms with Crippen molar-refractivity contribution in [2.24, 2.45) is 0 Å². The molecule has 41 heavy (non-hydrogen) atoms. The van der Waals surface area contributed by atoms with Crippen molar-refractivity contribution < 1.29 is 22.4 Å². The van der Waals surface area contributed by atoms with E-state index in [9.17, 15) is 22.4 Å². The van der Waals surface area contributed by atoms with Gasteiger partial charge in [0.05, 0.1) is 22.1 Å². The number of H-pyrrole nitrogens is 1. The first-order valence-corrected chi connectivity index (χ1v) is 15.7. The van der Waals surface area contributed by atoms with Gasteiger partial charge in [0, 0.05) is 53.4 Å². The van der Waals surface area contributed by atoms with E-state index in [0.717, 1.165) is 6.54 Å². The van der Waals surface area contributed by atoms with E-state index in [1.54, 1.807) is 24.3 Å². The minimum absolute atomic E-state index is 0.112. The SMILES string of the molecule is Cc1[nH]c(C=C2C(=O)NC3=CCC(S(=O)(=O)Cc4ccccc4F)C=C32)c(C)c1C(=O)NCCN(C(C)C)C(C)C. The van der Waals surface area contributed by atoms with Crippen LogP contribution in [0.25, 0.3) is 6.08 Å². The number of aromatic nitrogens is 1. The Hall–Kier alpha value is -3.50. The van der Waals surface area contributed by atoms with Crippen LogP contribution in [0, 0.1) is 19.7 Å². The average molecular weight is 583 g/mol. The van der Waals surface area contributed by atoms with Gasteiger partial charge in [-0.2, -0.15) is 0 Å². The molecule has 2 aromatic rings. The number of rotatable bonds is 10. The average Bonchev–Trinajstić information content (AvgIpc) is 3.36. The Morgan fingerprint density at radius 1 is 1.17 bits per heavy atom. The third-order valence-electron chi connectivity index (χ3n) is 7.73. The molecule has 0 bridgehead atoms. The molecule has 10 heteroatoms. The van der Waals surface area contributed by atoms with E-state index in [-0.39, 0.29) is 23.8 Å². The van der Waals surface area contributed by atoms with Gasteiger partial charge in [-0.25, -0.2) is 12.8 Å². The van der Waals surface area contributed by atoms with Gasteiger partial charge in [0.15, 0.2) is 9.84 Å². The number of nitrogens with zero attached hydrogens (tertiary/aromatic N) is 1. The summed E-state index contributed by atoms with van der Waals surface area (Å²) in [6.07, 6.45) is 5.11. The largest absolute Gasteiger partial charge is 0.358 e. The summed E-state index contributed by atoms with van der Waals surface area (Å²) >= 11 is 0. The number of aryl methyl sites for hydroxylation is 1. The number of carbonyl (C=O) groups is 2. The lowest BCUT2D eigenvalue weighted by Gasteiger charge is -2.30. The van der Waals surface area contributed by atoms with Gasteiger partial charge < -0.3 is 15.6 Å². The van der Waals surface area contributed by atoms with Crippen LogP contribution in [-0.4, -0.2) is 60.5 Å². The molecular formula is C31H39FN4O4S. The van der Waals surface area contributed by atoms with Gasteiger partial charge in [0.2, 0.25) is 0 Å². The first-order chi connectivity index (χ1) is 19.3. The number of benzene rings is 1. The standard InChI is InChI=1S/C31H39FN4O4S/c1-18(2)36(19(3)4)14-13-33-31(38)29-20(5)28(34-21(29)6)16-25-24-15-23(11-12-27(24)35-30(25)37)41(39,40)17-22-9-7-8-10-26(22)32/h7-10,12,15-16,18-19,23,34H,11,13-14,17H2,1-6H3,(H,33,38)(H,35,37). The summed E-state index contributed by atoms with van der Waals surface area (Å²) < 4.78 is 40.6. The molecule has 3 N–H and O–H groups in total. The molecule has 1 fully saturated rings. The minimum atomic E-state index is -3.75. The van der Waals surface area contributed by atoms with Gasteiger partial charge in [0.25, 0.3) is 11.8 Å². The molecule has 1 unspecified atom stereocenters. The molecule has 2 heterocycles. The fraction of sp³-hybridized carbons (Fsp3) is 0.419. The lowest BCUT2D eigenvalue weighted by molar-refractivity contribution is -0.115. The zero-order valence-electron chi connectivity index (χ0n) is 24.5. The summed E-state index contributed by atoms with van der Waals surface area (Å²) in [6.45, 7) is 13.4. The van der Waals surface area contributed by atoms with Crippen LogP contribution in [0.1, 0.15) is 67.0 Å². The molecular weight excluding hydrogens is 543 g/mol. The number of aromatic amines is 1. The van der Waals surface area contributed by atoms with E-state index < -0.39 is 26.7 Å². The molecule has 2 amide bonds. The van der Waals surface area contributed by atoms with Gasteiger partial charge in [-0.05, 0) is 65.7 Å². The highest BCUT2D eigenvalue weighted by Crippen LogP contribution is 2.34. The molecule has 0 saturated carbocycles. The van der Waals surface area contributed by atoms with Crippen LogP contribution in [0.3, 0.4) is 0 Å². The summed E-state index contributed by atoms with van der Waals surface area (Å²) in [6, 6.07) is 6.55. The Morgan fingerprint density at radius 3 is 2.51 bits per heavy atom. The number of nitrogens with one attached hydrogen (secondary N) is 3. The van der Waals surface area contributed by atoms with E-state index in [2.05, 4.69) is 48.2 Å². The molecule has 8 nitrogen and oxygen atoms in total. The van der Waals surface area contributed by atoms with Crippen molar-refractivity contribution in [2.75, 3.05) is 13.1 Å². The summed E-state index contributed by atoms with van der Waals surface area (Å²) in [7, 11) is -3.75. The molecule has 1 aliphatic carbocycles. The smallest absolute Gasteiger partial charge is 0.256 e. The predicted molar refractivity (Wildman–Crippen MR) is 159 cm³/mol. The van der Waals surface area contributed by atoms with Gasteiger partial charge in [-0.3, -0.25) is 14.5 Å². The molecule has 1 aliphatic heterocycles. The Kier molecular flexibility index (Phi) is 9.03. The lowest BCUT2D eigenvalue weighted by atomic mass is 9.98. The highest BCUT2D eigenvalue weighted by Gasteiger charge is 2.35. The number of carbonyl (C=O) groups excluding carboxylic acids is 2. The number of allylic oxidation sites excluding steroid dienone is 2. The molecule has 4 rings (SSSR count). The van der Waals surface area contributed by atoms with E-state index in [1.165, 1.54) is 18.2 Å². The second kappa shape index (κ2) is 12.2. The maximum absolute atomic E-state index is 14.2. The van der Waals surface area contributed by atoms with Gasteiger partial charge in [-0.1, -0.05) is 30.4 Å². The molecule has 2 aliphatic rings. The molecule has 1 saturated heterocycles. The van der Waals surface area contributed by atoms with E-state index >= 15 is 0 Å². The second-order valence-electron chi connectivity index (χ2n) is 11.2. The number of fused-ring (bicyclic) bond motifs is 1.